The van der Waals surface area contributed by atoms with E-state index in [9.17, 15) is 10.0 Å². The van der Waals surface area contributed by atoms with Crippen LogP contribution in [0.25, 0.3) is 11.0 Å². The Hall–Kier alpha value is -1.85. The van der Waals surface area contributed by atoms with Gasteiger partial charge in [-0.25, -0.2) is 9.63 Å². The second-order valence-electron chi connectivity index (χ2n) is 4.62. The normalized spacial score (nSPS) is 19.1. The van der Waals surface area contributed by atoms with Gasteiger partial charge < -0.3 is 4.42 Å². The Morgan fingerprint density at radius 2 is 2.17 bits per heavy atom. The van der Waals surface area contributed by atoms with Crippen LogP contribution in [0.5, 0.6) is 0 Å². The first-order chi connectivity index (χ1) is 8.54. The molecular weight excluding hydrogens is 234 g/mol. The van der Waals surface area contributed by atoms with Gasteiger partial charge in [0.2, 0.25) is 0 Å². The molecule has 1 unspecified atom stereocenters. The molecule has 0 spiro atoms. The van der Waals surface area contributed by atoms with E-state index in [1.165, 1.54) is 6.07 Å². The zero-order chi connectivity index (χ0) is 12.9. The fraction of sp³-hybridized carbons (Fsp3) is 0.308. The average molecular weight is 247 g/mol. The van der Waals surface area contributed by atoms with Crippen LogP contribution in [0.2, 0.25) is 0 Å². The molecule has 0 aliphatic carbocycles. The van der Waals surface area contributed by atoms with Crippen molar-refractivity contribution < 1.29 is 14.5 Å². The van der Waals surface area contributed by atoms with Gasteiger partial charge in [-0.3, -0.25) is 5.21 Å². The molecule has 0 bridgehead atoms. The van der Waals surface area contributed by atoms with Crippen LogP contribution < -0.4 is 10.9 Å². The molecule has 0 amide bonds. The van der Waals surface area contributed by atoms with Gasteiger partial charge in [0, 0.05) is 17.9 Å². The first kappa shape index (κ1) is 11.3. The standard InChI is InChI=1S/C13H13NO4/c1-7-3-13(15)17-12-5-9-4-8(2)18-14(16)11(9)6-10(7)12/h3,5-6,8,16H,4H2,1-2H3. The molecule has 5 nitrogen and oxygen atoms in total. The largest absolute Gasteiger partial charge is 0.423 e. The number of rotatable bonds is 0. The number of hydrogen-bond acceptors (Lipinski definition) is 5. The summed E-state index contributed by atoms with van der Waals surface area (Å²) in [5, 5.41) is 11.3. The van der Waals surface area contributed by atoms with Crippen molar-refractivity contribution >= 4 is 16.7 Å². The van der Waals surface area contributed by atoms with E-state index in [1.807, 2.05) is 13.8 Å². The summed E-state index contributed by atoms with van der Waals surface area (Å²) in [4.78, 5) is 16.6. The van der Waals surface area contributed by atoms with E-state index in [1.54, 1.807) is 12.1 Å². The van der Waals surface area contributed by atoms with Gasteiger partial charge in [-0.05, 0) is 37.1 Å². The third-order valence-corrected chi connectivity index (χ3v) is 3.14. The lowest BCUT2D eigenvalue weighted by Crippen LogP contribution is -2.32. The van der Waals surface area contributed by atoms with Crippen molar-refractivity contribution in [3.8, 4) is 0 Å². The summed E-state index contributed by atoms with van der Waals surface area (Å²) < 4.78 is 5.18. The minimum Gasteiger partial charge on any atom is -0.423 e. The smallest absolute Gasteiger partial charge is 0.336 e. The molecule has 0 saturated heterocycles. The van der Waals surface area contributed by atoms with E-state index in [-0.39, 0.29) is 11.7 Å². The Morgan fingerprint density at radius 1 is 1.39 bits per heavy atom. The fourth-order valence-corrected chi connectivity index (χ4v) is 2.31. The van der Waals surface area contributed by atoms with E-state index in [0.717, 1.165) is 21.7 Å². The third-order valence-electron chi connectivity index (χ3n) is 3.14. The molecule has 1 aromatic carbocycles. The van der Waals surface area contributed by atoms with Gasteiger partial charge >= 0.3 is 5.63 Å². The van der Waals surface area contributed by atoms with Gasteiger partial charge in [0.15, 0.2) is 0 Å². The highest BCUT2D eigenvalue weighted by Gasteiger charge is 2.23. The topological polar surface area (TPSA) is 62.9 Å². The van der Waals surface area contributed by atoms with Crippen LogP contribution in [-0.4, -0.2) is 11.3 Å². The van der Waals surface area contributed by atoms with Gasteiger partial charge in [0.25, 0.3) is 0 Å². The van der Waals surface area contributed by atoms with Gasteiger partial charge in [-0.15, -0.1) is 5.23 Å². The third kappa shape index (κ3) is 1.68. The van der Waals surface area contributed by atoms with Crippen LogP contribution in [-0.2, 0) is 11.3 Å². The van der Waals surface area contributed by atoms with E-state index in [4.69, 9.17) is 9.25 Å². The number of hydrogen-bond donors (Lipinski definition) is 1. The predicted octanol–water partition coefficient (Wildman–Crippen LogP) is 2.17. The fourth-order valence-electron chi connectivity index (χ4n) is 2.31. The van der Waals surface area contributed by atoms with Crippen LogP contribution >= 0.6 is 0 Å². The van der Waals surface area contributed by atoms with E-state index >= 15 is 0 Å². The SMILES string of the molecule is Cc1cc(=O)oc2cc3c(cc12)N(O)OC(C)C3. The van der Waals surface area contributed by atoms with Crippen molar-refractivity contribution in [2.24, 2.45) is 0 Å². The second kappa shape index (κ2) is 3.83. The van der Waals surface area contributed by atoms with Crippen molar-refractivity contribution in [2.75, 3.05) is 5.23 Å². The summed E-state index contributed by atoms with van der Waals surface area (Å²) in [6, 6.07) is 5.00. The maximum Gasteiger partial charge on any atom is 0.336 e. The molecule has 1 atom stereocenters. The first-order valence-electron chi connectivity index (χ1n) is 5.78. The maximum absolute atomic E-state index is 11.3. The van der Waals surface area contributed by atoms with Crippen LogP contribution in [0.15, 0.2) is 27.4 Å². The Bertz CT molecular complexity index is 676. The Labute approximate surface area is 103 Å². The van der Waals surface area contributed by atoms with Crippen molar-refractivity contribution in [3.63, 3.8) is 0 Å². The monoisotopic (exact) mass is 247 g/mol. The van der Waals surface area contributed by atoms with Crippen LogP contribution in [0.1, 0.15) is 18.1 Å². The van der Waals surface area contributed by atoms with Gasteiger partial charge in [-0.1, -0.05) is 0 Å². The van der Waals surface area contributed by atoms with Gasteiger partial charge in [0.05, 0.1) is 11.8 Å². The van der Waals surface area contributed by atoms with Crippen LogP contribution in [0.3, 0.4) is 0 Å². The Balaban J connectivity index is 2.30. The molecule has 1 aliphatic heterocycles. The predicted molar refractivity (Wildman–Crippen MR) is 65.7 cm³/mol. The number of benzene rings is 1. The number of anilines is 1. The summed E-state index contributed by atoms with van der Waals surface area (Å²) in [6.45, 7) is 3.70. The van der Waals surface area contributed by atoms with Gasteiger partial charge in [0.1, 0.15) is 5.58 Å². The average Bonchev–Trinajstić information content (AvgIpc) is 2.26. The lowest BCUT2D eigenvalue weighted by molar-refractivity contribution is -0.0853. The highest BCUT2D eigenvalue weighted by atomic mass is 16.9. The minimum absolute atomic E-state index is 0.114. The van der Waals surface area contributed by atoms with Gasteiger partial charge in [-0.2, -0.15) is 0 Å². The molecule has 1 aromatic heterocycles. The van der Waals surface area contributed by atoms with Crippen molar-refractivity contribution in [1.29, 1.82) is 0 Å². The summed E-state index contributed by atoms with van der Waals surface area (Å²) in [6.07, 6.45) is 0.552. The molecule has 18 heavy (non-hydrogen) atoms. The zero-order valence-electron chi connectivity index (χ0n) is 10.1. The molecule has 2 heterocycles. The summed E-state index contributed by atoms with van der Waals surface area (Å²) in [5.41, 5.74) is 2.49. The van der Waals surface area contributed by atoms with Crippen LogP contribution in [0, 0.1) is 6.92 Å². The van der Waals surface area contributed by atoms with E-state index < -0.39 is 0 Å². The summed E-state index contributed by atoms with van der Waals surface area (Å²) >= 11 is 0. The number of nitrogens with zero attached hydrogens (tertiary/aromatic N) is 1. The molecule has 0 fully saturated rings. The minimum atomic E-state index is -0.360. The number of aryl methyl sites for hydroxylation is 1. The second-order valence-corrected chi connectivity index (χ2v) is 4.62. The molecule has 2 aromatic rings. The summed E-state index contributed by atoms with van der Waals surface area (Å²) in [5.74, 6) is 0. The molecular formula is C13H13NO4. The first-order valence-corrected chi connectivity index (χ1v) is 5.78. The molecule has 1 aliphatic rings. The highest BCUT2D eigenvalue weighted by Crippen LogP contribution is 2.32. The molecule has 0 radical (unpaired) electrons. The molecule has 1 N–H and O–H groups in total. The molecule has 94 valence electrons. The molecule has 5 heteroatoms. The van der Waals surface area contributed by atoms with E-state index in [2.05, 4.69) is 0 Å². The lowest BCUT2D eigenvalue weighted by atomic mass is 10.0. The quantitative estimate of drug-likeness (QED) is 0.723. The maximum atomic E-state index is 11.3. The lowest BCUT2D eigenvalue weighted by Gasteiger charge is -2.29. The van der Waals surface area contributed by atoms with Crippen molar-refractivity contribution in [3.05, 3.63) is 39.7 Å². The highest BCUT2D eigenvalue weighted by molar-refractivity contribution is 5.85. The van der Waals surface area contributed by atoms with E-state index in [0.29, 0.717) is 17.7 Å². The van der Waals surface area contributed by atoms with Crippen molar-refractivity contribution in [2.45, 2.75) is 26.4 Å². The Kier molecular flexibility index (Phi) is 2.39. The summed E-state index contributed by atoms with van der Waals surface area (Å²) in [7, 11) is 0. The molecule has 3 rings (SSSR count). The Morgan fingerprint density at radius 3 is 2.94 bits per heavy atom. The number of fused-ring (bicyclic) bond motifs is 2. The zero-order valence-corrected chi connectivity index (χ0v) is 10.1. The molecule has 0 saturated carbocycles. The van der Waals surface area contributed by atoms with Crippen molar-refractivity contribution in [1.82, 2.24) is 0 Å². The van der Waals surface area contributed by atoms with Crippen LogP contribution in [0.4, 0.5) is 5.69 Å².